The summed E-state index contributed by atoms with van der Waals surface area (Å²) in [5.41, 5.74) is 7.21. The van der Waals surface area contributed by atoms with Gasteiger partial charge in [-0.25, -0.2) is 0 Å². The summed E-state index contributed by atoms with van der Waals surface area (Å²) in [5.74, 6) is 1.51. The molecule has 0 aromatic heterocycles. The van der Waals surface area contributed by atoms with E-state index in [1.165, 1.54) is 27.4 Å². The van der Waals surface area contributed by atoms with Crippen LogP contribution in [-0.4, -0.2) is 33.7 Å². The third-order valence-corrected chi connectivity index (χ3v) is 4.07. The molecular formula is C20H22ClNO5. The molecule has 0 aliphatic rings. The van der Waals surface area contributed by atoms with Crippen LogP contribution >= 0.6 is 11.6 Å². The zero-order valence-electron chi connectivity index (χ0n) is 15.7. The minimum Gasteiger partial charge on any atom is -0.497 e. The lowest BCUT2D eigenvalue weighted by Gasteiger charge is -2.13. The zero-order valence-corrected chi connectivity index (χ0v) is 16.4. The molecule has 0 aliphatic heterocycles. The fourth-order valence-corrected chi connectivity index (χ4v) is 2.72. The summed E-state index contributed by atoms with van der Waals surface area (Å²) in [6.45, 7) is 2.27. The fourth-order valence-electron chi connectivity index (χ4n) is 2.49. The highest BCUT2D eigenvalue weighted by atomic mass is 35.5. The number of methoxy groups -OCH3 is 3. The summed E-state index contributed by atoms with van der Waals surface area (Å²) < 4.78 is 21.4. The molecule has 2 aromatic carbocycles. The van der Waals surface area contributed by atoms with Crippen LogP contribution in [0.5, 0.6) is 23.0 Å². The van der Waals surface area contributed by atoms with E-state index in [0.717, 1.165) is 0 Å². The molecule has 0 unspecified atom stereocenters. The molecule has 0 fully saturated rings. The minimum absolute atomic E-state index is 0.00386. The van der Waals surface area contributed by atoms with Gasteiger partial charge in [0.2, 0.25) is 5.78 Å². The number of benzene rings is 2. The zero-order chi connectivity index (χ0) is 20.0. The van der Waals surface area contributed by atoms with Crippen molar-refractivity contribution in [2.45, 2.75) is 6.92 Å². The number of Topliss-reactive ketones (excluding diaryl/α,β-unsaturated/α-hetero) is 1. The van der Waals surface area contributed by atoms with Crippen molar-refractivity contribution in [2.24, 2.45) is 0 Å². The number of allylic oxidation sites excluding steroid dienone is 1. The van der Waals surface area contributed by atoms with Gasteiger partial charge >= 0.3 is 0 Å². The minimum atomic E-state index is -0.374. The van der Waals surface area contributed by atoms with E-state index in [0.29, 0.717) is 46.4 Å². The molecule has 7 heteroatoms. The average Bonchev–Trinajstić information content (AvgIpc) is 2.68. The first-order valence-electron chi connectivity index (χ1n) is 8.19. The molecule has 144 valence electrons. The Morgan fingerprint density at radius 3 is 2.41 bits per heavy atom. The highest BCUT2D eigenvalue weighted by Crippen LogP contribution is 2.37. The standard InChI is InChI=1S/C20H22ClNO5/c1-5-27-17-10-12(6-7-16(17)22)19(23)15(21)9-13-8-14(24-2)11-18(25-3)20(13)26-4/h6-11H,5,22H2,1-4H3. The predicted octanol–water partition coefficient (Wildman–Crippen LogP) is 4.16. The van der Waals surface area contributed by atoms with Gasteiger partial charge in [-0.05, 0) is 37.3 Å². The topological polar surface area (TPSA) is 80.0 Å². The molecule has 2 aromatic rings. The van der Waals surface area contributed by atoms with Crippen molar-refractivity contribution in [3.63, 3.8) is 0 Å². The molecule has 0 saturated carbocycles. The first-order valence-corrected chi connectivity index (χ1v) is 8.57. The Labute approximate surface area is 163 Å². The van der Waals surface area contributed by atoms with Crippen molar-refractivity contribution in [1.29, 1.82) is 0 Å². The van der Waals surface area contributed by atoms with Crippen LogP contribution in [-0.2, 0) is 0 Å². The van der Waals surface area contributed by atoms with E-state index in [4.69, 9.17) is 36.3 Å². The molecule has 2 rings (SSSR count). The maximum absolute atomic E-state index is 12.7. The van der Waals surface area contributed by atoms with Gasteiger partial charge in [-0.3, -0.25) is 4.79 Å². The van der Waals surface area contributed by atoms with E-state index in [1.807, 2.05) is 6.92 Å². The summed E-state index contributed by atoms with van der Waals surface area (Å²) in [4.78, 5) is 12.7. The lowest BCUT2D eigenvalue weighted by Crippen LogP contribution is -2.03. The number of halogens is 1. The number of hydrogen-bond acceptors (Lipinski definition) is 6. The van der Waals surface area contributed by atoms with Gasteiger partial charge in [0.25, 0.3) is 0 Å². The molecule has 0 saturated heterocycles. The Kier molecular flexibility index (Phi) is 6.96. The third kappa shape index (κ3) is 4.65. The van der Waals surface area contributed by atoms with Gasteiger partial charge in [0.15, 0.2) is 11.5 Å². The lowest BCUT2D eigenvalue weighted by atomic mass is 10.1. The van der Waals surface area contributed by atoms with Crippen LogP contribution < -0.4 is 24.7 Å². The molecule has 0 atom stereocenters. The van der Waals surface area contributed by atoms with E-state index >= 15 is 0 Å². The summed E-state index contributed by atoms with van der Waals surface area (Å²) in [6, 6.07) is 8.16. The second kappa shape index (κ2) is 9.19. The van der Waals surface area contributed by atoms with Crippen LogP contribution in [0.15, 0.2) is 35.4 Å². The van der Waals surface area contributed by atoms with Crippen LogP contribution in [0.1, 0.15) is 22.8 Å². The normalized spacial score (nSPS) is 11.1. The molecule has 27 heavy (non-hydrogen) atoms. The number of nitrogen functional groups attached to an aromatic ring is 1. The molecule has 0 bridgehead atoms. The van der Waals surface area contributed by atoms with E-state index in [2.05, 4.69) is 0 Å². The van der Waals surface area contributed by atoms with Gasteiger partial charge in [0, 0.05) is 17.2 Å². The molecule has 0 amide bonds. The Hall–Kier alpha value is -2.86. The van der Waals surface area contributed by atoms with Crippen LogP contribution in [0.25, 0.3) is 6.08 Å². The second-order valence-corrected chi connectivity index (χ2v) is 5.87. The van der Waals surface area contributed by atoms with Crippen molar-refractivity contribution >= 4 is 29.1 Å². The SMILES string of the molecule is CCOc1cc(C(=O)C(Cl)=Cc2cc(OC)cc(OC)c2OC)ccc1N. The number of carbonyl (C=O) groups excluding carboxylic acids is 1. The summed E-state index contributed by atoms with van der Waals surface area (Å²) in [5, 5.41) is -0.00386. The van der Waals surface area contributed by atoms with Gasteiger partial charge in [0.1, 0.15) is 11.5 Å². The van der Waals surface area contributed by atoms with Gasteiger partial charge in [0.05, 0.1) is 38.7 Å². The first-order chi connectivity index (χ1) is 12.9. The van der Waals surface area contributed by atoms with Gasteiger partial charge in [-0.15, -0.1) is 0 Å². The summed E-state index contributed by atoms with van der Waals surface area (Å²) in [7, 11) is 4.55. The largest absolute Gasteiger partial charge is 0.497 e. The predicted molar refractivity (Wildman–Crippen MR) is 106 cm³/mol. The highest BCUT2D eigenvalue weighted by Gasteiger charge is 2.16. The molecule has 0 heterocycles. The Balaban J connectivity index is 2.45. The maximum Gasteiger partial charge on any atom is 0.204 e. The second-order valence-electron chi connectivity index (χ2n) is 5.46. The molecule has 0 spiro atoms. The van der Waals surface area contributed by atoms with E-state index in [9.17, 15) is 4.79 Å². The van der Waals surface area contributed by atoms with Crippen LogP contribution in [0.2, 0.25) is 0 Å². The van der Waals surface area contributed by atoms with Crippen molar-refractivity contribution < 1.29 is 23.7 Å². The number of ketones is 1. The Morgan fingerprint density at radius 2 is 1.81 bits per heavy atom. The van der Waals surface area contributed by atoms with Crippen molar-refractivity contribution in [1.82, 2.24) is 0 Å². The average molecular weight is 392 g/mol. The Bertz CT molecular complexity index is 864. The highest BCUT2D eigenvalue weighted by molar-refractivity contribution is 6.47. The smallest absolute Gasteiger partial charge is 0.204 e. The number of carbonyl (C=O) groups is 1. The molecule has 0 aliphatic carbocycles. The maximum atomic E-state index is 12.7. The number of anilines is 1. The van der Waals surface area contributed by atoms with E-state index in [-0.39, 0.29) is 10.8 Å². The van der Waals surface area contributed by atoms with Crippen molar-refractivity contribution in [3.05, 3.63) is 46.5 Å². The lowest BCUT2D eigenvalue weighted by molar-refractivity contribution is 0.104. The number of nitrogens with two attached hydrogens (primary N) is 1. The van der Waals surface area contributed by atoms with Gasteiger partial charge in [-0.2, -0.15) is 0 Å². The monoisotopic (exact) mass is 391 g/mol. The molecule has 6 nitrogen and oxygen atoms in total. The Morgan fingerprint density at radius 1 is 1.07 bits per heavy atom. The van der Waals surface area contributed by atoms with Crippen LogP contribution in [0, 0.1) is 0 Å². The number of rotatable bonds is 8. The van der Waals surface area contributed by atoms with E-state index < -0.39 is 0 Å². The molecule has 0 radical (unpaired) electrons. The fraction of sp³-hybridized carbons (Fsp3) is 0.250. The van der Waals surface area contributed by atoms with Crippen molar-refractivity contribution in [2.75, 3.05) is 33.7 Å². The first kappa shape index (κ1) is 20.5. The van der Waals surface area contributed by atoms with Gasteiger partial charge in [-0.1, -0.05) is 11.6 Å². The van der Waals surface area contributed by atoms with Crippen LogP contribution in [0.3, 0.4) is 0 Å². The summed E-state index contributed by atoms with van der Waals surface area (Å²) in [6.07, 6.45) is 1.50. The third-order valence-electron chi connectivity index (χ3n) is 3.79. The van der Waals surface area contributed by atoms with Crippen LogP contribution in [0.4, 0.5) is 5.69 Å². The van der Waals surface area contributed by atoms with Gasteiger partial charge < -0.3 is 24.7 Å². The number of ether oxygens (including phenoxy) is 4. The summed E-state index contributed by atoms with van der Waals surface area (Å²) >= 11 is 6.29. The van der Waals surface area contributed by atoms with E-state index in [1.54, 1.807) is 30.3 Å². The molecule has 2 N–H and O–H groups in total. The number of hydrogen-bond donors (Lipinski definition) is 1. The van der Waals surface area contributed by atoms with Crippen molar-refractivity contribution in [3.8, 4) is 23.0 Å². The quantitative estimate of drug-likeness (QED) is 0.413. The molecular weight excluding hydrogens is 370 g/mol.